The third kappa shape index (κ3) is 4.14. The van der Waals surface area contributed by atoms with Gasteiger partial charge in [0.2, 0.25) is 0 Å². The Bertz CT molecular complexity index is 918. The van der Waals surface area contributed by atoms with E-state index in [0.29, 0.717) is 16.1 Å². The molecule has 0 aliphatic heterocycles. The lowest BCUT2D eigenvalue weighted by molar-refractivity contribution is -0.136. The maximum atomic E-state index is 12.1. The Hall–Kier alpha value is -3.20. The highest BCUT2D eigenvalue weighted by atomic mass is 32.1. The summed E-state index contributed by atoms with van der Waals surface area (Å²) >= 11 is 1.29. The lowest BCUT2D eigenvalue weighted by Crippen LogP contribution is -2.32. The first-order valence-electron chi connectivity index (χ1n) is 8.16. The fourth-order valence-corrected chi connectivity index (χ4v) is 4.02. The average molecular weight is 387 g/mol. The van der Waals surface area contributed by atoms with Crippen molar-refractivity contribution in [3.63, 3.8) is 0 Å². The number of benzene rings is 1. The molecule has 1 aliphatic rings. The quantitative estimate of drug-likeness (QED) is 0.320. The number of carbonyl (C=O) groups is 3. The van der Waals surface area contributed by atoms with Gasteiger partial charge in [-0.05, 0) is 54.7 Å². The molecule has 3 rings (SSSR count). The number of hydrogen-bond acceptors (Lipinski definition) is 7. The van der Waals surface area contributed by atoms with Crippen LogP contribution in [0.3, 0.4) is 0 Å². The van der Waals surface area contributed by atoms with E-state index in [1.54, 1.807) is 12.1 Å². The van der Waals surface area contributed by atoms with E-state index in [9.17, 15) is 19.5 Å². The van der Waals surface area contributed by atoms with Gasteiger partial charge in [-0.15, -0.1) is 11.3 Å². The van der Waals surface area contributed by atoms with Gasteiger partial charge in [0.05, 0.1) is 18.9 Å². The van der Waals surface area contributed by atoms with Gasteiger partial charge in [-0.1, -0.05) is 0 Å². The van der Waals surface area contributed by atoms with Crippen LogP contribution in [0.5, 0.6) is 5.75 Å². The van der Waals surface area contributed by atoms with Crippen molar-refractivity contribution in [1.29, 1.82) is 0 Å². The molecular weight excluding hydrogens is 370 g/mol. The molecular formula is C18H17N3O5S. The molecule has 0 spiro atoms. The van der Waals surface area contributed by atoms with Crippen LogP contribution in [0.15, 0.2) is 29.4 Å². The molecule has 27 heavy (non-hydrogen) atoms. The maximum Gasteiger partial charge on any atom is 0.341 e. The highest BCUT2D eigenvalue weighted by molar-refractivity contribution is 7.17. The van der Waals surface area contributed by atoms with Crippen LogP contribution in [0.25, 0.3) is 0 Å². The van der Waals surface area contributed by atoms with Gasteiger partial charge in [-0.3, -0.25) is 9.59 Å². The number of thiophene rings is 1. The Balaban J connectivity index is 1.66. The number of phenols is 1. The molecule has 1 aliphatic carbocycles. The number of carbonyl (C=O) groups excluding carboxylic acids is 3. The zero-order valence-electron chi connectivity index (χ0n) is 14.4. The van der Waals surface area contributed by atoms with Crippen molar-refractivity contribution in [3.8, 4) is 5.75 Å². The number of ether oxygens (including phenoxy) is 1. The second-order valence-corrected chi connectivity index (χ2v) is 6.90. The van der Waals surface area contributed by atoms with Crippen LogP contribution in [0.2, 0.25) is 0 Å². The summed E-state index contributed by atoms with van der Waals surface area (Å²) in [6.07, 6.45) is 3.87. The number of fused-ring (bicyclic) bond motifs is 1. The summed E-state index contributed by atoms with van der Waals surface area (Å²) in [5.74, 6) is -2.31. The number of methoxy groups -OCH3 is 1. The van der Waals surface area contributed by atoms with Gasteiger partial charge >= 0.3 is 17.8 Å². The number of hydrogen-bond donors (Lipinski definition) is 3. The highest BCUT2D eigenvalue weighted by Crippen LogP contribution is 2.39. The summed E-state index contributed by atoms with van der Waals surface area (Å²) in [4.78, 5) is 37.1. The molecule has 0 bridgehead atoms. The minimum Gasteiger partial charge on any atom is -0.508 e. The van der Waals surface area contributed by atoms with Crippen molar-refractivity contribution >= 4 is 40.3 Å². The standard InChI is InChI=1S/C18H17N3O5S/c1-26-18(25)14-12-3-2-4-13(12)27-17(14)20-15(23)16(24)21-19-9-10-5-7-11(22)8-6-10/h5-9,22H,2-4H2,1H3,(H,20,23)(H,21,24)/b19-9+. The van der Waals surface area contributed by atoms with Gasteiger partial charge in [0.15, 0.2) is 0 Å². The van der Waals surface area contributed by atoms with E-state index in [-0.39, 0.29) is 5.75 Å². The molecule has 3 N–H and O–H groups in total. The van der Waals surface area contributed by atoms with Crippen molar-refractivity contribution in [1.82, 2.24) is 5.43 Å². The van der Waals surface area contributed by atoms with Gasteiger partial charge in [-0.25, -0.2) is 10.2 Å². The molecule has 0 atom stereocenters. The van der Waals surface area contributed by atoms with Gasteiger partial charge in [0.1, 0.15) is 10.8 Å². The third-order valence-electron chi connectivity index (χ3n) is 4.02. The van der Waals surface area contributed by atoms with E-state index >= 15 is 0 Å². The predicted octanol–water partition coefficient (Wildman–Crippen LogP) is 1.82. The Kier molecular flexibility index (Phi) is 5.51. The van der Waals surface area contributed by atoms with Crippen molar-refractivity contribution < 1.29 is 24.2 Å². The van der Waals surface area contributed by atoms with Gasteiger partial charge in [0, 0.05) is 4.88 Å². The van der Waals surface area contributed by atoms with Crippen molar-refractivity contribution in [2.75, 3.05) is 12.4 Å². The number of nitrogens with zero attached hydrogens (tertiary/aromatic N) is 1. The number of phenolic OH excluding ortho intramolecular Hbond substituents is 1. The third-order valence-corrected chi connectivity index (χ3v) is 5.22. The summed E-state index contributed by atoms with van der Waals surface area (Å²) in [7, 11) is 1.28. The number of nitrogens with one attached hydrogen (secondary N) is 2. The SMILES string of the molecule is COC(=O)c1c(NC(=O)C(=O)N/N=C/c2ccc(O)cc2)sc2c1CCC2. The molecule has 9 heteroatoms. The zero-order valence-corrected chi connectivity index (χ0v) is 15.3. The van der Waals surface area contributed by atoms with Crippen LogP contribution < -0.4 is 10.7 Å². The van der Waals surface area contributed by atoms with Crippen LogP contribution >= 0.6 is 11.3 Å². The average Bonchev–Trinajstić information content (AvgIpc) is 3.23. The minimum absolute atomic E-state index is 0.111. The van der Waals surface area contributed by atoms with Crippen molar-refractivity contribution in [3.05, 3.63) is 45.8 Å². The summed E-state index contributed by atoms with van der Waals surface area (Å²) in [6, 6.07) is 6.14. The highest BCUT2D eigenvalue weighted by Gasteiger charge is 2.29. The molecule has 0 saturated heterocycles. The predicted molar refractivity (Wildman–Crippen MR) is 100 cm³/mol. The first kappa shape index (κ1) is 18.6. The van der Waals surface area contributed by atoms with E-state index in [2.05, 4.69) is 15.8 Å². The van der Waals surface area contributed by atoms with Gasteiger partial charge < -0.3 is 15.2 Å². The summed E-state index contributed by atoms with van der Waals surface area (Å²) in [5, 5.41) is 15.7. The molecule has 2 aromatic rings. The summed E-state index contributed by atoms with van der Waals surface area (Å²) < 4.78 is 4.80. The molecule has 0 radical (unpaired) electrons. The number of esters is 1. The molecule has 140 valence electrons. The first-order valence-corrected chi connectivity index (χ1v) is 8.97. The topological polar surface area (TPSA) is 117 Å². The Morgan fingerprint density at radius 3 is 2.63 bits per heavy atom. The fraction of sp³-hybridized carbons (Fsp3) is 0.222. The summed E-state index contributed by atoms with van der Waals surface area (Å²) in [6.45, 7) is 0. The lowest BCUT2D eigenvalue weighted by atomic mass is 10.1. The minimum atomic E-state index is -0.964. The van der Waals surface area contributed by atoms with Crippen LogP contribution in [0.4, 0.5) is 5.00 Å². The molecule has 0 fully saturated rings. The molecule has 0 unspecified atom stereocenters. The van der Waals surface area contributed by atoms with Crippen molar-refractivity contribution in [2.45, 2.75) is 19.3 Å². The van der Waals surface area contributed by atoms with E-state index in [1.165, 1.54) is 36.8 Å². The van der Waals surface area contributed by atoms with Crippen LogP contribution in [0.1, 0.15) is 32.8 Å². The number of aryl methyl sites for hydroxylation is 1. The van der Waals surface area contributed by atoms with Crippen LogP contribution in [0, 0.1) is 0 Å². The largest absolute Gasteiger partial charge is 0.508 e. The van der Waals surface area contributed by atoms with Crippen LogP contribution in [-0.2, 0) is 27.2 Å². The second kappa shape index (κ2) is 8.00. The Morgan fingerprint density at radius 1 is 1.19 bits per heavy atom. The fourth-order valence-electron chi connectivity index (χ4n) is 2.75. The maximum absolute atomic E-state index is 12.1. The van der Waals surface area contributed by atoms with Gasteiger partial charge in [0.25, 0.3) is 0 Å². The molecule has 1 heterocycles. The van der Waals surface area contributed by atoms with E-state index in [0.717, 1.165) is 29.7 Å². The number of aromatic hydroxyl groups is 1. The molecule has 1 aromatic heterocycles. The van der Waals surface area contributed by atoms with E-state index in [1.807, 2.05) is 0 Å². The summed E-state index contributed by atoms with van der Waals surface area (Å²) in [5.41, 5.74) is 3.96. The van der Waals surface area contributed by atoms with E-state index in [4.69, 9.17) is 4.74 Å². The number of amides is 2. The van der Waals surface area contributed by atoms with Gasteiger partial charge in [-0.2, -0.15) is 5.10 Å². The number of anilines is 1. The smallest absolute Gasteiger partial charge is 0.341 e. The lowest BCUT2D eigenvalue weighted by Gasteiger charge is -2.06. The normalized spacial score (nSPS) is 12.6. The molecule has 2 amide bonds. The molecule has 0 saturated carbocycles. The zero-order chi connectivity index (χ0) is 19.4. The van der Waals surface area contributed by atoms with Crippen molar-refractivity contribution in [2.24, 2.45) is 5.10 Å². The first-order chi connectivity index (χ1) is 13.0. The van der Waals surface area contributed by atoms with E-state index < -0.39 is 17.8 Å². The number of hydrazone groups is 1. The second-order valence-electron chi connectivity index (χ2n) is 5.80. The monoisotopic (exact) mass is 387 g/mol. The molecule has 1 aromatic carbocycles. The Labute approximate surface area is 158 Å². The molecule has 8 nitrogen and oxygen atoms in total. The number of rotatable bonds is 4. The van der Waals surface area contributed by atoms with Crippen LogP contribution in [-0.4, -0.2) is 36.2 Å². The Morgan fingerprint density at radius 2 is 1.93 bits per heavy atom.